The molecule has 0 unspecified atom stereocenters. The Morgan fingerprint density at radius 3 is 2.44 bits per heavy atom. The second-order valence-electron chi connectivity index (χ2n) is 8.66. The average molecular weight is 474 g/mol. The van der Waals surface area contributed by atoms with Gasteiger partial charge in [0.15, 0.2) is 5.43 Å². The summed E-state index contributed by atoms with van der Waals surface area (Å²) in [6.07, 6.45) is 0.618. The topological polar surface area (TPSA) is 59.8 Å². The first-order valence-corrected chi connectivity index (χ1v) is 11.5. The van der Waals surface area contributed by atoms with Gasteiger partial charge in [0, 0.05) is 11.6 Å². The van der Waals surface area contributed by atoms with Gasteiger partial charge in [-0.3, -0.25) is 9.59 Å². The van der Waals surface area contributed by atoms with Gasteiger partial charge in [-0.05, 0) is 78.9 Å². The number of carbonyl (C=O) groups is 1. The zero-order valence-corrected chi connectivity index (χ0v) is 20.0. The highest BCUT2D eigenvalue weighted by molar-refractivity contribution is 6.30. The molecule has 5 rings (SSSR count). The number of nitrogens with zero attached hydrogens (tertiary/aromatic N) is 1. The van der Waals surface area contributed by atoms with E-state index in [-0.39, 0.29) is 17.1 Å². The third kappa shape index (κ3) is 3.76. The lowest BCUT2D eigenvalue weighted by molar-refractivity contribution is 0.0730. The number of hydrogen-bond acceptors (Lipinski definition) is 4. The highest BCUT2D eigenvalue weighted by Gasteiger charge is 2.42. The fourth-order valence-electron chi connectivity index (χ4n) is 4.57. The lowest BCUT2D eigenvalue weighted by atomic mass is 9.97. The van der Waals surface area contributed by atoms with E-state index in [9.17, 15) is 9.59 Å². The largest absolute Gasteiger partial charge is 0.497 e. The highest BCUT2D eigenvalue weighted by Crippen LogP contribution is 2.39. The van der Waals surface area contributed by atoms with Crippen LogP contribution in [0.1, 0.15) is 44.4 Å². The van der Waals surface area contributed by atoms with Crippen molar-refractivity contribution in [2.75, 3.05) is 13.7 Å². The van der Waals surface area contributed by atoms with Gasteiger partial charge in [0.25, 0.3) is 5.91 Å². The number of hydrogen-bond donors (Lipinski definition) is 0. The van der Waals surface area contributed by atoms with E-state index < -0.39 is 6.04 Å². The van der Waals surface area contributed by atoms with Crippen LogP contribution in [-0.4, -0.2) is 24.5 Å². The molecule has 1 aromatic heterocycles. The Morgan fingerprint density at radius 2 is 1.74 bits per heavy atom. The Bertz CT molecular complexity index is 1470. The molecule has 172 valence electrons. The lowest BCUT2D eigenvalue weighted by Gasteiger charge is -2.25. The van der Waals surface area contributed by atoms with Crippen molar-refractivity contribution in [3.63, 3.8) is 0 Å². The standard InChI is InChI=1S/C28H24ClNO4/c1-16-13-22-23(14-17(16)2)34-27-24(26(22)31)25(19-5-4-6-20(29)15-19)30(28(27)32)12-11-18-7-9-21(33-3)10-8-18/h4-10,13-15,25H,11-12H2,1-3H3/t25-/m1/s1. The number of carbonyl (C=O) groups excluding carboxylic acids is 1. The predicted octanol–water partition coefficient (Wildman–Crippen LogP) is 5.86. The van der Waals surface area contributed by atoms with E-state index in [1.807, 2.05) is 62.4 Å². The third-order valence-corrected chi connectivity index (χ3v) is 6.78. The zero-order valence-electron chi connectivity index (χ0n) is 19.2. The molecule has 5 nitrogen and oxygen atoms in total. The van der Waals surface area contributed by atoms with Gasteiger partial charge in [0.1, 0.15) is 11.3 Å². The van der Waals surface area contributed by atoms with Crippen molar-refractivity contribution in [2.24, 2.45) is 0 Å². The second-order valence-corrected chi connectivity index (χ2v) is 9.10. The van der Waals surface area contributed by atoms with Crippen LogP contribution in [0.2, 0.25) is 5.02 Å². The predicted molar refractivity (Wildman–Crippen MR) is 133 cm³/mol. The molecule has 2 heterocycles. The Kier molecular flexibility index (Phi) is 5.66. The van der Waals surface area contributed by atoms with Crippen molar-refractivity contribution in [1.29, 1.82) is 0 Å². The monoisotopic (exact) mass is 473 g/mol. The van der Waals surface area contributed by atoms with Gasteiger partial charge in [-0.15, -0.1) is 0 Å². The number of methoxy groups -OCH3 is 1. The molecule has 1 aliphatic rings. The summed E-state index contributed by atoms with van der Waals surface area (Å²) in [5.41, 5.74) is 4.47. The van der Waals surface area contributed by atoms with Crippen LogP contribution in [0.3, 0.4) is 0 Å². The molecule has 0 saturated heterocycles. The van der Waals surface area contributed by atoms with Crippen LogP contribution in [0.4, 0.5) is 0 Å². The van der Waals surface area contributed by atoms with Gasteiger partial charge in [-0.1, -0.05) is 35.9 Å². The number of halogens is 1. The Hall–Kier alpha value is -3.57. The molecule has 4 aromatic rings. The Balaban J connectivity index is 1.62. The number of amides is 1. The van der Waals surface area contributed by atoms with Gasteiger partial charge in [0.2, 0.25) is 5.76 Å². The van der Waals surface area contributed by atoms with E-state index in [4.69, 9.17) is 20.8 Å². The molecule has 1 atom stereocenters. The maximum Gasteiger partial charge on any atom is 0.290 e. The van der Waals surface area contributed by atoms with Crippen LogP contribution >= 0.6 is 11.6 Å². The minimum Gasteiger partial charge on any atom is -0.497 e. The molecule has 3 aromatic carbocycles. The zero-order chi connectivity index (χ0) is 24.0. The van der Waals surface area contributed by atoms with E-state index in [2.05, 4.69) is 0 Å². The van der Waals surface area contributed by atoms with Crippen LogP contribution in [0, 0.1) is 13.8 Å². The van der Waals surface area contributed by atoms with Crippen molar-refractivity contribution >= 4 is 28.5 Å². The maximum atomic E-state index is 13.7. The average Bonchev–Trinajstić information content (AvgIpc) is 3.11. The summed E-state index contributed by atoms with van der Waals surface area (Å²) >= 11 is 6.29. The van der Waals surface area contributed by atoms with Crippen molar-refractivity contribution in [2.45, 2.75) is 26.3 Å². The SMILES string of the molecule is COc1ccc(CCN2C(=O)c3oc4cc(C)c(C)cc4c(=O)c3[C@H]2c2cccc(Cl)c2)cc1. The molecule has 0 N–H and O–H groups in total. The number of rotatable bonds is 5. The molecule has 0 fully saturated rings. The molecule has 0 saturated carbocycles. The summed E-state index contributed by atoms with van der Waals surface area (Å²) in [4.78, 5) is 29.0. The maximum absolute atomic E-state index is 13.7. The molecule has 0 bridgehead atoms. The molecule has 0 spiro atoms. The molecule has 1 aliphatic heterocycles. The summed E-state index contributed by atoms with van der Waals surface area (Å²) < 4.78 is 11.3. The summed E-state index contributed by atoms with van der Waals surface area (Å²) in [7, 11) is 1.63. The number of ether oxygens (including phenoxy) is 1. The summed E-state index contributed by atoms with van der Waals surface area (Å²) in [6.45, 7) is 4.34. The van der Waals surface area contributed by atoms with Crippen LogP contribution in [-0.2, 0) is 6.42 Å². The van der Waals surface area contributed by atoms with Gasteiger partial charge >= 0.3 is 0 Å². The summed E-state index contributed by atoms with van der Waals surface area (Å²) in [5.74, 6) is 0.600. The van der Waals surface area contributed by atoms with E-state index in [0.717, 1.165) is 28.0 Å². The molecule has 0 aliphatic carbocycles. The minimum absolute atomic E-state index is 0.112. The molecule has 1 amide bonds. The first-order chi connectivity index (χ1) is 16.4. The van der Waals surface area contributed by atoms with Crippen molar-refractivity contribution < 1.29 is 13.9 Å². The first kappa shape index (κ1) is 22.2. The van der Waals surface area contributed by atoms with E-state index >= 15 is 0 Å². The second kappa shape index (κ2) is 8.65. The van der Waals surface area contributed by atoms with Crippen LogP contribution in [0.25, 0.3) is 11.0 Å². The van der Waals surface area contributed by atoms with Crippen LogP contribution in [0.5, 0.6) is 5.75 Å². The molecular weight excluding hydrogens is 450 g/mol. The van der Waals surface area contributed by atoms with E-state index in [1.165, 1.54) is 0 Å². The number of benzene rings is 3. The number of fused-ring (bicyclic) bond motifs is 2. The lowest BCUT2D eigenvalue weighted by Crippen LogP contribution is -2.31. The van der Waals surface area contributed by atoms with E-state index in [1.54, 1.807) is 24.1 Å². The third-order valence-electron chi connectivity index (χ3n) is 6.55. The van der Waals surface area contributed by atoms with Crippen molar-refractivity contribution in [1.82, 2.24) is 4.90 Å². The van der Waals surface area contributed by atoms with Gasteiger partial charge in [-0.25, -0.2) is 0 Å². The van der Waals surface area contributed by atoms with Gasteiger partial charge in [0.05, 0.1) is 24.1 Å². The van der Waals surface area contributed by atoms with Crippen LogP contribution < -0.4 is 10.2 Å². The fraction of sp³-hybridized carbons (Fsp3) is 0.214. The van der Waals surface area contributed by atoms with Crippen LogP contribution in [0.15, 0.2) is 69.9 Å². The van der Waals surface area contributed by atoms with E-state index in [0.29, 0.717) is 34.5 Å². The summed E-state index contributed by atoms with van der Waals surface area (Å²) in [6, 6.07) is 18.2. The Morgan fingerprint density at radius 1 is 1.00 bits per heavy atom. The minimum atomic E-state index is -0.568. The van der Waals surface area contributed by atoms with Gasteiger partial charge in [-0.2, -0.15) is 0 Å². The fourth-order valence-corrected chi connectivity index (χ4v) is 4.77. The highest BCUT2D eigenvalue weighted by atomic mass is 35.5. The van der Waals surface area contributed by atoms with Crippen molar-refractivity contribution in [3.05, 3.63) is 109 Å². The first-order valence-electron chi connectivity index (χ1n) is 11.1. The van der Waals surface area contributed by atoms with Crippen molar-refractivity contribution in [3.8, 4) is 5.75 Å². The quantitative estimate of drug-likeness (QED) is 0.364. The molecule has 0 radical (unpaired) electrons. The smallest absolute Gasteiger partial charge is 0.290 e. The molecular formula is C28H24ClNO4. The molecule has 6 heteroatoms. The van der Waals surface area contributed by atoms with Gasteiger partial charge < -0.3 is 14.1 Å². The molecule has 34 heavy (non-hydrogen) atoms. The normalized spacial score (nSPS) is 15.1. The Labute approximate surface area is 202 Å². The summed E-state index contributed by atoms with van der Waals surface area (Å²) in [5, 5.41) is 1.03. The number of aryl methyl sites for hydroxylation is 2.